The summed E-state index contributed by atoms with van der Waals surface area (Å²) >= 11 is 0. The lowest BCUT2D eigenvalue weighted by Gasteiger charge is -2.26. The SMILES string of the molecule is CCOCCC(=O)Nc1cc(S(=O)(=O)N2CCOCC2)ccc1NCC1CCCO1. The minimum atomic E-state index is -3.66. The van der Waals surface area contributed by atoms with E-state index >= 15 is 0 Å². The Morgan fingerprint density at radius 3 is 2.73 bits per heavy atom. The van der Waals surface area contributed by atoms with E-state index < -0.39 is 10.0 Å². The van der Waals surface area contributed by atoms with E-state index in [1.807, 2.05) is 6.92 Å². The van der Waals surface area contributed by atoms with Gasteiger partial charge in [-0.25, -0.2) is 8.42 Å². The van der Waals surface area contributed by atoms with Crippen LogP contribution in [0.5, 0.6) is 0 Å². The molecule has 30 heavy (non-hydrogen) atoms. The smallest absolute Gasteiger partial charge is 0.243 e. The molecule has 0 aromatic heterocycles. The molecule has 1 unspecified atom stereocenters. The van der Waals surface area contributed by atoms with Crippen LogP contribution in [0.25, 0.3) is 0 Å². The maximum absolute atomic E-state index is 13.0. The highest BCUT2D eigenvalue weighted by molar-refractivity contribution is 7.89. The van der Waals surface area contributed by atoms with Gasteiger partial charge in [0.2, 0.25) is 15.9 Å². The first-order valence-electron chi connectivity index (χ1n) is 10.5. The Morgan fingerprint density at radius 2 is 2.03 bits per heavy atom. The number of ether oxygens (including phenoxy) is 3. The lowest BCUT2D eigenvalue weighted by atomic mass is 10.2. The van der Waals surface area contributed by atoms with Crippen molar-refractivity contribution in [3.05, 3.63) is 18.2 Å². The number of amides is 1. The summed E-state index contributed by atoms with van der Waals surface area (Å²) in [6.07, 6.45) is 2.32. The first-order valence-corrected chi connectivity index (χ1v) is 11.9. The predicted molar refractivity (Wildman–Crippen MR) is 113 cm³/mol. The molecular weight excluding hydrogens is 410 g/mol. The molecular formula is C20H31N3O6S. The van der Waals surface area contributed by atoms with Gasteiger partial charge in [0, 0.05) is 32.8 Å². The molecule has 1 aromatic carbocycles. The minimum absolute atomic E-state index is 0.114. The lowest BCUT2D eigenvalue weighted by molar-refractivity contribution is -0.117. The number of anilines is 2. The number of carbonyl (C=O) groups is 1. The number of carbonyl (C=O) groups excluding carboxylic acids is 1. The lowest BCUT2D eigenvalue weighted by Crippen LogP contribution is -2.40. The predicted octanol–water partition coefficient (Wildman–Crippen LogP) is 1.66. The van der Waals surface area contributed by atoms with Crippen molar-refractivity contribution >= 4 is 27.3 Å². The highest BCUT2D eigenvalue weighted by atomic mass is 32.2. The fraction of sp³-hybridized carbons (Fsp3) is 0.650. The van der Waals surface area contributed by atoms with Crippen molar-refractivity contribution in [2.45, 2.75) is 37.2 Å². The van der Waals surface area contributed by atoms with E-state index in [4.69, 9.17) is 14.2 Å². The van der Waals surface area contributed by atoms with Gasteiger partial charge in [-0.3, -0.25) is 4.79 Å². The number of morpholine rings is 1. The van der Waals surface area contributed by atoms with Gasteiger partial charge in [-0.1, -0.05) is 0 Å². The van der Waals surface area contributed by atoms with Gasteiger partial charge in [-0.15, -0.1) is 0 Å². The summed E-state index contributed by atoms with van der Waals surface area (Å²) in [6, 6.07) is 4.78. The number of benzene rings is 1. The normalized spacial score (nSPS) is 20.2. The van der Waals surface area contributed by atoms with Gasteiger partial charge in [0.1, 0.15) is 0 Å². The van der Waals surface area contributed by atoms with Crippen LogP contribution < -0.4 is 10.6 Å². The molecule has 2 N–H and O–H groups in total. The largest absolute Gasteiger partial charge is 0.381 e. The Kier molecular flexibility index (Phi) is 8.46. The highest BCUT2D eigenvalue weighted by Gasteiger charge is 2.27. The Labute approximate surface area is 178 Å². The van der Waals surface area contributed by atoms with E-state index in [1.54, 1.807) is 12.1 Å². The van der Waals surface area contributed by atoms with E-state index in [1.165, 1.54) is 10.4 Å². The van der Waals surface area contributed by atoms with Crippen LogP contribution in [0.2, 0.25) is 0 Å². The summed E-state index contributed by atoms with van der Waals surface area (Å²) in [4.78, 5) is 12.5. The minimum Gasteiger partial charge on any atom is -0.381 e. The molecule has 2 saturated heterocycles. The van der Waals surface area contributed by atoms with Crippen LogP contribution in [-0.2, 0) is 29.0 Å². The van der Waals surface area contributed by atoms with Crippen molar-refractivity contribution < 1.29 is 27.4 Å². The van der Waals surface area contributed by atoms with Gasteiger partial charge in [0.05, 0.1) is 48.6 Å². The van der Waals surface area contributed by atoms with Gasteiger partial charge in [0.15, 0.2) is 0 Å². The van der Waals surface area contributed by atoms with Crippen molar-refractivity contribution in [1.82, 2.24) is 4.31 Å². The van der Waals surface area contributed by atoms with Crippen LogP contribution in [0.4, 0.5) is 11.4 Å². The molecule has 0 radical (unpaired) electrons. The molecule has 2 aliphatic rings. The molecule has 0 aliphatic carbocycles. The van der Waals surface area contributed by atoms with E-state index in [0.29, 0.717) is 57.4 Å². The van der Waals surface area contributed by atoms with Gasteiger partial charge in [0.25, 0.3) is 0 Å². The van der Waals surface area contributed by atoms with Crippen LogP contribution in [0.3, 0.4) is 0 Å². The van der Waals surface area contributed by atoms with Crippen LogP contribution in [0.1, 0.15) is 26.2 Å². The number of nitrogens with zero attached hydrogens (tertiary/aromatic N) is 1. The summed E-state index contributed by atoms with van der Waals surface area (Å²) in [6.45, 7) is 5.45. The fourth-order valence-corrected chi connectivity index (χ4v) is 4.86. The zero-order valence-electron chi connectivity index (χ0n) is 17.4. The quantitative estimate of drug-likeness (QED) is 0.532. The summed E-state index contributed by atoms with van der Waals surface area (Å²) in [5.41, 5.74) is 1.10. The molecule has 0 bridgehead atoms. The molecule has 1 amide bonds. The zero-order chi connectivity index (χ0) is 21.4. The molecule has 3 rings (SSSR count). The first kappa shape index (κ1) is 23.0. The van der Waals surface area contributed by atoms with Crippen LogP contribution in [0.15, 0.2) is 23.1 Å². The van der Waals surface area contributed by atoms with Gasteiger partial charge >= 0.3 is 0 Å². The topological polar surface area (TPSA) is 106 Å². The summed E-state index contributed by atoms with van der Waals surface area (Å²) in [5.74, 6) is -0.232. The third-order valence-corrected chi connectivity index (χ3v) is 6.99. The Morgan fingerprint density at radius 1 is 1.23 bits per heavy atom. The molecule has 0 spiro atoms. The molecule has 168 valence electrons. The number of rotatable bonds is 10. The van der Waals surface area contributed by atoms with E-state index in [-0.39, 0.29) is 23.3 Å². The fourth-order valence-electron chi connectivity index (χ4n) is 3.43. The number of nitrogens with one attached hydrogen (secondary N) is 2. The highest BCUT2D eigenvalue weighted by Crippen LogP contribution is 2.28. The van der Waals surface area contributed by atoms with Crippen LogP contribution in [0, 0.1) is 0 Å². The number of hydrogen-bond acceptors (Lipinski definition) is 7. The molecule has 2 fully saturated rings. The van der Waals surface area contributed by atoms with Gasteiger partial charge < -0.3 is 24.8 Å². The molecule has 2 heterocycles. The second-order valence-corrected chi connectivity index (χ2v) is 9.17. The molecule has 1 aromatic rings. The third-order valence-electron chi connectivity index (χ3n) is 5.09. The average molecular weight is 442 g/mol. The Balaban J connectivity index is 1.78. The maximum atomic E-state index is 13.0. The zero-order valence-corrected chi connectivity index (χ0v) is 18.2. The maximum Gasteiger partial charge on any atom is 0.243 e. The first-order chi connectivity index (χ1) is 14.5. The molecule has 1 atom stereocenters. The van der Waals surface area contributed by atoms with Crippen molar-refractivity contribution in [3.63, 3.8) is 0 Å². The molecule has 10 heteroatoms. The molecule has 9 nitrogen and oxygen atoms in total. The van der Waals surface area contributed by atoms with E-state index in [2.05, 4.69) is 10.6 Å². The van der Waals surface area contributed by atoms with Crippen molar-refractivity contribution in [2.75, 3.05) is 63.3 Å². The van der Waals surface area contributed by atoms with Crippen LogP contribution >= 0.6 is 0 Å². The summed E-state index contributed by atoms with van der Waals surface area (Å²) in [5, 5.41) is 6.12. The monoisotopic (exact) mass is 441 g/mol. The van der Waals surface area contributed by atoms with Gasteiger partial charge in [-0.2, -0.15) is 4.31 Å². The summed E-state index contributed by atoms with van der Waals surface area (Å²) in [7, 11) is -3.66. The van der Waals surface area contributed by atoms with Crippen molar-refractivity contribution in [2.24, 2.45) is 0 Å². The standard InChI is InChI=1S/C20H31N3O6S/c1-2-27-11-7-20(24)22-19-14-17(30(25,26)23-8-12-28-13-9-23)5-6-18(19)21-15-16-4-3-10-29-16/h5-6,14,16,21H,2-4,7-13,15H2,1H3,(H,22,24). The molecule has 0 saturated carbocycles. The third kappa shape index (κ3) is 6.14. The van der Waals surface area contributed by atoms with Crippen molar-refractivity contribution in [3.8, 4) is 0 Å². The number of sulfonamides is 1. The summed E-state index contributed by atoms with van der Waals surface area (Å²) < 4.78 is 43.6. The molecule has 2 aliphatic heterocycles. The van der Waals surface area contributed by atoms with E-state index in [9.17, 15) is 13.2 Å². The van der Waals surface area contributed by atoms with Crippen LogP contribution in [-0.4, -0.2) is 77.4 Å². The second-order valence-electron chi connectivity index (χ2n) is 7.23. The van der Waals surface area contributed by atoms with Crippen molar-refractivity contribution in [1.29, 1.82) is 0 Å². The van der Waals surface area contributed by atoms with Gasteiger partial charge in [-0.05, 0) is 38.0 Å². The number of hydrogen-bond donors (Lipinski definition) is 2. The van der Waals surface area contributed by atoms with E-state index in [0.717, 1.165) is 19.4 Å². The Hall–Kier alpha value is -1.72. The average Bonchev–Trinajstić information content (AvgIpc) is 3.27. The second kappa shape index (κ2) is 11.1. The Bertz CT molecular complexity index is 805.